The van der Waals surface area contributed by atoms with Gasteiger partial charge in [0, 0.05) is 19.0 Å². The molecule has 0 spiro atoms. The van der Waals surface area contributed by atoms with Crippen LogP contribution in [-0.4, -0.2) is 35.5 Å². The van der Waals surface area contributed by atoms with Crippen molar-refractivity contribution in [2.24, 2.45) is 5.73 Å². The largest absolute Gasteiger partial charge is 0.389 e. The summed E-state index contributed by atoms with van der Waals surface area (Å²) in [5.41, 5.74) is 4.86. The van der Waals surface area contributed by atoms with E-state index in [9.17, 15) is 22.8 Å². The van der Waals surface area contributed by atoms with Crippen LogP contribution in [0.5, 0.6) is 0 Å². The highest BCUT2D eigenvalue weighted by atomic mass is 19.4. The Kier molecular flexibility index (Phi) is 4.36. The molecule has 17 heavy (non-hydrogen) atoms. The highest BCUT2D eigenvalue weighted by Gasteiger charge is 2.38. The van der Waals surface area contributed by atoms with Crippen LogP contribution in [-0.2, 0) is 9.59 Å². The lowest BCUT2D eigenvalue weighted by atomic mass is 10.1. The summed E-state index contributed by atoms with van der Waals surface area (Å²) in [6.45, 7) is 0.526. The normalized spacial score (nSPS) is 19.2. The molecule has 0 bridgehead atoms. The van der Waals surface area contributed by atoms with Crippen molar-refractivity contribution in [2.45, 2.75) is 44.3 Å². The van der Waals surface area contributed by atoms with Crippen molar-refractivity contribution in [3.63, 3.8) is 0 Å². The molecule has 1 aliphatic rings. The van der Waals surface area contributed by atoms with E-state index in [1.807, 2.05) is 0 Å². The zero-order valence-corrected chi connectivity index (χ0v) is 9.29. The first-order valence-corrected chi connectivity index (χ1v) is 5.44. The van der Waals surface area contributed by atoms with Gasteiger partial charge < -0.3 is 10.6 Å². The maximum Gasteiger partial charge on any atom is 0.389 e. The van der Waals surface area contributed by atoms with Gasteiger partial charge in [0.1, 0.15) is 6.42 Å². The quantitative estimate of drug-likeness (QED) is 0.438. The second kappa shape index (κ2) is 5.37. The highest BCUT2D eigenvalue weighted by Crippen LogP contribution is 2.27. The second-order valence-electron chi connectivity index (χ2n) is 4.20. The molecule has 0 saturated carbocycles. The average Bonchev–Trinajstić information content (AvgIpc) is 2.89. The zero-order chi connectivity index (χ0) is 13.1. The summed E-state index contributed by atoms with van der Waals surface area (Å²) in [6.07, 6.45) is -4.14. The first kappa shape index (κ1) is 13.8. The molecular weight excluding hydrogens is 237 g/mol. The van der Waals surface area contributed by atoms with Gasteiger partial charge in [0.15, 0.2) is 0 Å². The number of unbranched alkanes of at least 4 members (excludes halogenated alkanes) is 1. The summed E-state index contributed by atoms with van der Waals surface area (Å²) in [5, 5.41) is 0. The molecule has 2 N–H and O–H groups in total. The van der Waals surface area contributed by atoms with Crippen molar-refractivity contribution in [3.8, 4) is 0 Å². The van der Waals surface area contributed by atoms with E-state index in [2.05, 4.69) is 0 Å². The third kappa shape index (κ3) is 5.55. The monoisotopic (exact) mass is 252 g/mol. The van der Waals surface area contributed by atoms with Crippen molar-refractivity contribution >= 4 is 11.8 Å². The van der Waals surface area contributed by atoms with Gasteiger partial charge in [-0.2, -0.15) is 13.2 Å². The number of carbonyl (C=O) groups is 2. The minimum absolute atomic E-state index is 0.00455. The lowest BCUT2D eigenvalue weighted by Crippen LogP contribution is -2.22. The van der Waals surface area contributed by atoms with Gasteiger partial charge in [-0.3, -0.25) is 9.59 Å². The van der Waals surface area contributed by atoms with E-state index in [4.69, 9.17) is 5.73 Å². The van der Waals surface area contributed by atoms with Crippen molar-refractivity contribution in [3.05, 3.63) is 0 Å². The Morgan fingerprint density at radius 3 is 2.47 bits per heavy atom. The maximum absolute atomic E-state index is 11.8. The first-order chi connectivity index (χ1) is 7.79. The Labute approximate surface area is 96.9 Å². The lowest BCUT2D eigenvalue weighted by Gasteiger charge is -2.05. The molecule has 98 valence electrons. The molecule has 7 heteroatoms. The molecule has 0 aromatic rings. The Morgan fingerprint density at radius 2 is 1.94 bits per heavy atom. The summed E-state index contributed by atoms with van der Waals surface area (Å²) in [4.78, 5) is 23.2. The highest BCUT2D eigenvalue weighted by molar-refractivity contribution is 5.97. The fourth-order valence-corrected chi connectivity index (χ4v) is 1.69. The Hall–Kier alpha value is -1.27. The van der Waals surface area contributed by atoms with Crippen molar-refractivity contribution < 1.29 is 22.8 Å². The number of rotatable bonds is 6. The molecule has 0 radical (unpaired) electrons. The Morgan fingerprint density at radius 1 is 1.29 bits per heavy atom. The van der Waals surface area contributed by atoms with E-state index >= 15 is 0 Å². The standard InChI is InChI=1S/C10H15F3N2O2/c11-10(12,13)4-2-1-3-7-6-15(7)9(17)5-8(14)16/h7H,1-6H2,(H2,14,16). The number of amides is 2. The first-order valence-electron chi connectivity index (χ1n) is 5.44. The van der Waals surface area contributed by atoms with Crippen LogP contribution in [0.4, 0.5) is 13.2 Å². The van der Waals surface area contributed by atoms with Gasteiger partial charge in [-0.1, -0.05) is 6.42 Å². The third-order valence-corrected chi connectivity index (χ3v) is 2.61. The Balaban J connectivity index is 2.08. The molecule has 1 heterocycles. The van der Waals surface area contributed by atoms with Crippen LogP contribution < -0.4 is 5.73 Å². The molecule has 1 atom stereocenters. The molecule has 1 unspecified atom stereocenters. The number of alkyl halides is 3. The van der Waals surface area contributed by atoms with Crippen LogP contribution in [0.25, 0.3) is 0 Å². The van der Waals surface area contributed by atoms with Crippen molar-refractivity contribution in [2.75, 3.05) is 6.54 Å². The number of hydrogen-bond donors (Lipinski definition) is 1. The van der Waals surface area contributed by atoms with Crippen LogP contribution >= 0.6 is 0 Å². The van der Waals surface area contributed by atoms with E-state index in [1.54, 1.807) is 0 Å². The van der Waals surface area contributed by atoms with Gasteiger partial charge in [-0.25, -0.2) is 0 Å². The summed E-state index contributed by atoms with van der Waals surface area (Å²) in [5.74, 6) is -1.02. The molecule has 1 aliphatic heterocycles. The predicted octanol–water partition coefficient (Wildman–Crippen LogP) is 1.20. The Bertz CT molecular complexity index is 304. The van der Waals surface area contributed by atoms with Gasteiger partial charge in [-0.15, -0.1) is 0 Å². The van der Waals surface area contributed by atoms with Crippen LogP contribution in [0.3, 0.4) is 0 Å². The molecule has 0 aromatic heterocycles. The summed E-state index contributed by atoms with van der Waals surface area (Å²) < 4.78 is 35.5. The molecule has 1 rings (SSSR count). The van der Waals surface area contributed by atoms with E-state index < -0.39 is 18.5 Å². The van der Waals surface area contributed by atoms with Crippen molar-refractivity contribution in [1.82, 2.24) is 4.90 Å². The second-order valence-corrected chi connectivity index (χ2v) is 4.20. The molecule has 2 amide bonds. The van der Waals surface area contributed by atoms with Crippen LogP contribution in [0, 0.1) is 0 Å². The van der Waals surface area contributed by atoms with Crippen LogP contribution in [0.1, 0.15) is 32.1 Å². The fraction of sp³-hybridized carbons (Fsp3) is 0.800. The molecular formula is C10H15F3N2O2. The number of nitrogens with two attached hydrogens (primary N) is 1. The van der Waals surface area contributed by atoms with Gasteiger partial charge in [0.25, 0.3) is 0 Å². The SMILES string of the molecule is NC(=O)CC(=O)N1CC1CCCCC(F)(F)F. The zero-order valence-electron chi connectivity index (χ0n) is 9.29. The molecule has 4 nitrogen and oxygen atoms in total. The summed E-state index contributed by atoms with van der Waals surface area (Å²) in [6, 6.07) is -0.00455. The topological polar surface area (TPSA) is 63.2 Å². The minimum Gasteiger partial charge on any atom is -0.369 e. The van der Waals surface area contributed by atoms with Crippen molar-refractivity contribution in [1.29, 1.82) is 0 Å². The van der Waals surface area contributed by atoms with Gasteiger partial charge in [-0.05, 0) is 12.8 Å². The summed E-state index contributed by atoms with van der Waals surface area (Å²) in [7, 11) is 0. The number of hydrogen-bond acceptors (Lipinski definition) is 2. The number of nitrogens with zero attached hydrogens (tertiary/aromatic N) is 1. The molecule has 1 fully saturated rings. The van der Waals surface area contributed by atoms with E-state index in [-0.39, 0.29) is 24.8 Å². The van der Waals surface area contributed by atoms with Crippen LogP contribution in [0.2, 0.25) is 0 Å². The van der Waals surface area contributed by atoms with E-state index in [0.717, 1.165) is 0 Å². The number of carbonyl (C=O) groups excluding carboxylic acids is 2. The smallest absolute Gasteiger partial charge is 0.369 e. The molecule has 0 aromatic carbocycles. The van der Waals surface area contributed by atoms with Gasteiger partial charge >= 0.3 is 6.18 Å². The van der Waals surface area contributed by atoms with Gasteiger partial charge in [0.2, 0.25) is 11.8 Å². The van der Waals surface area contributed by atoms with E-state index in [0.29, 0.717) is 19.4 Å². The average molecular weight is 252 g/mol. The fourth-order valence-electron chi connectivity index (χ4n) is 1.69. The van der Waals surface area contributed by atoms with Crippen LogP contribution in [0.15, 0.2) is 0 Å². The third-order valence-electron chi connectivity index (χ3n) is 2.61. The van der Waals surface area contributed by atoms with Gasteiger partial charge in [0.05, 0.1) is 0 Å². The molecule has 0 aliphatic carbocycles. The lowest BCUT2D eigenvalue weighted by molar-refractivity contribution is -0.136. The number of primary amides is 1. The maximum atomic E-state index is 11.8. The summed E-state index contributed by atoms with van der Waals surface area (Å²) >= 11 is 0. The predicted molar refractivity (Wildman–Crippen MR) is 53.8 cm³/mol. The number of halogens is 3. The molecule has 1 saturated heterocycles. The van der Waals surface area contributed by atoms with E-state index in [1.165, 1.54) is 4.90 Å². The minimum atomic E-state index is -4.11.